The minimum Gasteiger partial charge on any atom is -0.485 e. The SMILES string of the molecule is Cc1nc(COc2cc([N+](=O)[O-])ccc2Br)sc1C. The summed E-state index contributed by atoms with van der Waals surface area (Å²) in [6.07, 6.45) is 0. The third kappa shape index (κ3) is 3.30. The van der Waals surface area contributed by atoms with Gasteiger partial charge in [0.1, 0.15) is 17.4 Å². The summed E-state index contributed by atoms with van der Waals surface area (Å²) in [5.41, 5.74) is 0.992. The average molecular weight is 343 g/mol. The zero-order valence-corrected chi connectivity index (χ0v) is 12.7. The molecule has 19 heavy (non-hydrogen) atoms. The molecule has 0 saturated carbocycles. The van der Waals surface area contributed by atoms with Crippen molar-refractivity contribution in [1.82, 2.24) is 4.98 Å². The van der Waals surface area contributed by atoms with Crippen LogP contribution in [0, 0.1) is 24.0 Å². The normalized spacial score (nSPS) is 10.5. The number of non-ortho nitro benzene ring substituents is 1. The van der Waals surface area contributed by atoms with E-state index < -0.39 is 4.92 Å². The lowest BCUT2D eigenvalue weighted by atomic mass is 10.3. The van der Waals surface area contributed by atoms with Gasteiger partial charge in [-0.25, -0.2) is 4.98 Å². The lowest BCUT2D eigenvalue weighted by Crippen LogP contribution is -1.97. The fourth-order valence-electron chi connectivity index (χ4n) is 1.46. The minimum absolute atomic E-state index is 0.00435. The molecule has 0 N–H and O–H groups in total. The van der Waals surface area contributed by atoms with Crippen LogP contribution in [0.4, 0.5) is 5.69 Å². The van der Waals surface area contributed by atoms with E-state index in [1.54, 1.807) is 17.4 Å². The topological polar surface area (TPSA) is 65.3 Å². The predicted octanol–water partition coefficient (Wildman–Crippen LogP) is 4.01. The van der Waals surface area contributed by atoms with E-state index in [1.165, 1.54) is 12.1 Å². The van der Waals surface area contributed by atoms with E-state index in [9.17, 15) is 10.1 Å². The first kappa shape index (κ1) is 14.0. The molecule has 0 bridgehead atoms. The molecule has 0 atom stereocenters. The maximum Gasteiger partial charge on any atom is 0.273 e. The molecule has 7 heteroatoms. The lowest BCUT2D eigenvalue weighted by molar-refractivity contribution is -0.385. The molecule has 100 valence electrons. The van der Waals surface area contributed by atoms with E-state index in [0.717, 1.165) is 15.6 Å². The quantitative estimate of drug-likeness (QED) is 0.621. The number of ether oxygens (including phenoxy) is 1. The van der Waals surface area contributed by atoms with Crippen molar-refractivity contribution in [1.29, 1.82) is 0 Å². The highest BCUT2D eigenvalue weighted by Crippen LogP contribution is 2.30. The van der Waals surface area contributed by atoms with Gasteiger partial charge < -0.3 is 4.74 Å². The third-order valence-electron chi connectivity index (χ3n) is 2.55. The second kappa shape index (κ2) is 5.66. The number of halogens is 1. The first-order chi connectivity index (χ1) is 8.97. The van der Waals surface area contributed by atoms with Crippen LogP contribution in [0.15, 0.2) is 22.7 Å². The van der Waals surface area contributed by atoms with Crippen LogP contribution in [0.3, 0.4) is 0 Å². The van der Waals surface area contributed by atoms with Crippen molar-refractivity contribution in [3.8, 4) is 5.75 Å². The number of aryl methyl sites for hydroxylation is 2. The summed E-state index contributed by atoms with van der Waals surface area (Å²) in [4.78, 5) is 15.8. The fraction of sp³-hybridized carbons (Fsp3) is 0.250. The second-order valence-corrected chi connectivity index (χ2v) is 6.05. The monoisotopic (exact) mass is 342 g/mol. The Hall–Kier alpha value is -1.47. The second-order valence-electron chi connectivity index (χ2n) is 3.91. The van der Waals surface area contributed by atoms with Crippen molar-refractivity contribution in [2.45, 2.75) is 20.5 Å². The molecule has 0 spiro atoms. The lowest BCUT2D eigenvalue weighted by Gasteiger charge is -2.06. The number of nitro groups is 1. The van der Waals surface area contributed by atoms with E-state index in [0.29, 0.717) is 16.8 Å². The maximum atomic E-state index is 10.7. The van der Waals surface area contributed by atoms with Crippen molar-refractivity contribution in [3.63, 3.8) is 0 Å². The van der Waals surface area contributed by atoms with Crippen LogP contribution in [0.5, 0.6) is 5.75 Å². The Kier molecular flexibility index (Phi) is 4.16. The summed E-state index contributed by atoms with van der Waals surface area (Å²) in [5, 5.41) is 11.6. The summed E-state index contributed by atoms with van der Waals surface area (Å²) >= 11 is 4.87. The van der Waals surface area contributed by atoms with Gasteiger partial charge in [0.2, 0.25) is 0 Å². The van der Waals surface area contributed by atoms with Crippen LogP contribution >= 0.6 is 27.3 Å². The summed E-state index contributed by atoms with van der Waals surface area (Å²) in [6.45, 7) is 4.25. The smallest absolute Gasteiger partial charge is 0.273 e. The molecule has 0 aliphatic carbocycles. The van der Waals surface area contributed by atoms with Crippen molar-refractivity contribution < 1.29 is 9.66 Å². The molecule has 0 aliphatic heterocycles. The minimum atomic E-state index is -0.447. The molecule has 2 rings (SSSR count). The maximum absolute atomic E-state index is 10.7. The Balaban J connectivity index is 2.14. The first-order valence-corrected chi connectivity index (χ1v) is 7.08. The molecule has 0 aliphatic rings. The van der Waals surface area contributed by atoms with Gasteiger partial charge in [-0.15, -0.1) is 11.3 Å². The number of aromatic nitrogens is 1. The largest absolute Gasteiger partial charge is 0.485 e. The van der Waals surface area contributed by atoms with Gasteiger partial charge in [-0.3, -0.25) is 10.1 Å². The Morgan fingerprint density at radius 2 is 2.21 bits per heavy atom. The van der Waals surface area contributed by atoms with Crippen molar-refractivity contribution in [3.05, 3.63) is 48.4 Å². The van der Waals surface area contributed by atoms with Gasteiger partial charge >= 0.3 is 0 Å². The molecule has 0 radical (unpaired) electrons. The highest BCUT2D eigenvalue weighted by atomic mass is 79.9. The molecule has 1 aromatic heterocycles. The van der Waals surface area contributed by atoms with E-state index in [4.69, 9.17) is 4.74 Å². The molecule has 0 saturated heterocycles. The molecule has 1 heterocycles. The van der Waals surface area contributed by atoms with Crippen LogP contribution in [0.2, 0.25) is 0 Å². The standard InChI is InChI=1S/C12H11BrN2O3S/c1-7-8(2)19-12(14-7)6-18-11-5-9(15(16)17)3-4-10(11)13/h3-5H,6H2,1-2H3. The van der Waals surface area contributed by atoms with Gasteiger partial charge in [0, 0.05) is 10.9 Å². The molecule has 5 nitrogen and oxygen atoms in total. The van der Waals surface area contributed by atoms with Crippen LogP contribution in [-0.4, -0.2) is 9.91 Å². The molecule has 0 amide bonds. The molecular formula is C12H11BrN2O3S. The van der Waals surface area contributed by atoms with E-state index >= 15 is 0 Å². The number of hydrogen-bond acceptors (Lipinski definition) is 5. The highest BCUT2D eigenvalue weighted by molar-refractivity contribution is 9.10. The van der Waals surface area contributed by atoms with Crippen LogP contribution < -0.4 is 4.74 Å². The van der Waals surface area contributed by atoms with E-state index in [1.807, 2.05) is 13.8 Å². The molecule has 0 fully saturated rings. The summed E-state index contributed by atoms with van der Waals surface area (Å²) in [5.74, 6) is 0.444. The van der Waals surface area contributed by atoms with Crippen LogP contribution in [-0.2, 0) is 6.61 Å². The fourth-order valence-corrected chi connectivity index (χ4v) is 2.66. The van der Waals surface area contributed by atoms with Crippen LogP contribution in [0.1, 0.15) is 15.6 Å². The zero-order chi connectivity index (χ0) is 14.0. The summed E-state index contributed by atoms with van der Waals surface area (Å²) in [6, 6.07) is 4.43. The Labute approximate surface area is 122 Å². The van der Waals surface area contributed by atoms with Gasteiger partial charge in [-0.1, -0.05) is 0 Å². The van der Waals surface area contributed by atoms with E-state index in [-0.39, 0.29) is 5.69 Å². The summed E-state index contributed by atoms with van der Waals surface area (Å²) < 4.78 is 6.26. The highest BCUT2D eigenvalue weighted by Gasteiger charge is 2.11. The molecular weight excluding hydrogens is 332 g/mol. The first-order valence-electron chi connectivity index (χ1n) is 5.47. The Morgan fingerprint density at radius 1 is 1.47 bits per heavy atom. The van der Waals surface area contributed by atoms with Gasteiger partial charge in [0.15, 0.2) is 0 Å². The van der Waals surface area contributed by atoms with Gasteiger partial charge in [-0.2, -0.15) is 0 Å². The molecule has 2 aromatic rings. The van der Waals surface area contributed by atoms with Crippen molar-refractivity contribution >= 4 is 33.0 Å². The van der Waals surface area contributed by atoms with Gasteiger partial charge in [0.05, 0.1) is 21.2 Å². The zero-order valence-electron chi connectivity index (χ0n) is 10.3. The third-order valence-corrected chi connectivity index (χ3v) is 4.25. The van der Waals surface area contributed by atoms with Gasteiger partial charge in [0.25, 0.3) is 5.69 Å². The Bertz CT molecular complexity index is 608. The van der Waals surface area contributed by atoms with E-state index in [2.05, 4.69) is 20.9 Å². The number of rotatable bonds is 4. The Morgan fingerprint density at radius 3 is 2.79 bits per heavy atom. The average Bonchev–Trinajstić information content (AvgIpc) is 2.67. The number of benzene rings is 1. The summed E-state index contributed by atoms with van der Waals surface area (Å²) in [7, 11) is 0. The number of hydrogen-bond donors (Lipinski definition) is 0. The predicted molar refractivity (Wildman–Crippen MR) is 76.7 cm³/mol. The van der Waals surface area contributed by atoms with Crippen molar-refractivity contribution in [2.75, 3.05) is 0 Å². The molecule has 1 aromatic carbocycles. The number of thiazole rings is 1. The molecule has 0 unspecified atom stereocenters. The van der Waals surface area contributed by atoms with Crippen LogP contribution in [0.25, 0.3) is 0 Å². The van der Waals surface area contributed by atoms with Gasteiger partial charge in [-0.05, 0) is 35.8 Å². The number of nitro benzene ring substituents is 1. The number of nitrogens with zero attached hydrogens (tertiary/aromatic N) is 2. The van der Waals surface area contributed by atoms with Crippen molar-refractivity contribution in [2.24, 2.45) is 0 Å².